The molecule has 2 N–H and O–H groups in total. The molecular formula is C16H14ClN3O2. The molecule has 6 heteroatoms. The number of aromatic nitrogens is 1. The molecule has 1 aromatic heterocycles. The molecule has 3 rings (SSSR count). The summed E-state index contributed by atoms with van der Waals surface area (Å²) in [6, 6.07) is 12.6. The first-order valence-corrected chi connectivity index (χ1v) is 7.21. The first kappa shape index (κ1) is 14.4. The number of amides is 2. The van der Waals surface area contributed by atoms with Gasteiger partial charge in [-0.25, -0.2) is 9.78 Å². The summed E-state index contributed by atoms with van der Waals surface area (Å²) >= 11 is 5.87. The second-order valence-electron chi connectivity index (χ2n) is 4.80. The lowest BCUT2D eigenvalue weighted by Gasteiger charge is -2.08. The van der Waals surface area contributed by atoms with Crippen LogP contribution in [0.15, 0.2) is 53.3 Å². The van der Waals surface area contributed by atoms with Crippen LogP contribution in [0.25, 0.3) is 11.1 Å². The van der Waals surface area contributed by atoms with Crippen molar-refractivity contribution in [2.75, 3.05) is 11.9 Å². The zero-order valence-electron chi connectivity index (χ0n) is 11.7. The number of carbonyl (C=O) groups excluding carboxylic acids is 1. The molecule has 0 radical (unpaired) electrons. The maximum atomic E-state index is 11.8. The molecule has 0 spiro atoms. The van der Waals surface area contributed by atoms with Crippen molar-refractivity contribution in [2.24, 2.45) is 0 Å². The summed E-state index contributed by atoms with van der Waals surface area (Å²) in [5, 5.41) is 6.11. The fraction of sp³-hybridized carbons (Fsp3) is 0.125. The molecule has 0 atom stereocenters. The Bertz CT molecular complexity index is 801. The Morgan fingerprint density at radius 2 is 2.14 bits per heavy atom. The van der Waals surface area contributed by atoms with Gasteiger partial charge in [0.05, 0.1) is 0 Å². The minimum absolute atomic E-state index is 0.261. The Morgan fingerprint density at radius 3 is 3.00 bits per heavy atom. The molecule has 5 nitrogen and oxygen atoms in total. The maximum Gasteiger partial charge on any atom is 0.319 e. The molecule has 0 saturated heterocycles. The molecule has 0 unspecified atom stereocenters. The minimum Gasteiger partial charge on any atom is -0.443 e. The number of hydrogen-bond acceptors (Lipinski definition) is 3. The number of hydrogen-bond donors (Lipinski definition) is 2. The van der Waals surface area contributed by atoms with Gasteiger partial charge in [-0.05, 0) is 42.3 Å². The number of anilines is 1. The number of oxazole rings is 1. The van der Waals surface area contributed by atoms with Crippen molar-refractivity contribution in [1.82, 2.24) is 10.3 Å². The summed E-state index contributed by atoms with van der Waals surface area (Å²) in [6.45, 7) is 0.520. The summed E-state index contributed by atoms with van der Waals surface area (Å²) in [7, 11) is 0. The van der Waals surface area contributed by atoms with Crippen molar-refractivity contribution in [3.05, 3.63) is 59.4 Å². The van der Waals surface area contributed by atoms with E-state index in [9.17, 15) is 4.79 Å². The molecule has 0 bridgehead atoms. The van der Waals surface area contributed by atoms with Gasteiger partial charge >= 0.3 is 6.03 Å². The monoisotopic (exact) mass is 315 g/mol. The number of rotatable bonds is 4. The van der Waals surface area contributed by atoms with Gasteiger partial charge in [0.25, 0.3) is 0 Å². The molecule has 22 heavy (non-hydrogen) atoms. The number of fused-ring (bicyclic) bond motifs is 1. The molecule has 112 valence electrons. The largest absolute Gasteiger partial charge is 0.443 e. The lowest BCUT2D eigenvalue weighted by atomic mass is 10.1. The number of carbonyl (C=O) groups is 1. The molecule has 1 heterocycles. The van der Waals surface area contributed by atoms with E-state index in [0.717, 1.165) is 16.7 Å². The zero-order chi connectivity index (χ0) is 15.4. The molecule has 0 aliphatic rings. The summed E-state index contributed by atoms with van der Waals surface area (Å²) < 4.78 is 5.25. The second-order valence-corrected chi connectivity index (χ2v) is 5.23. The highest BCUT2D eigenvalue weighted by atomic mass is 35.5. The van der Waals surface area contributed by atoms with Crippen LogP contribution >= 0.6 is 11.6 Å². The van der Waals surface area contributed by atoms with Crippen molar-refractivity contribution >= 4 is 34.4 Å². The van der Waals surface area contributed by atoms with Gasteiger partial charge in [-0.15, -0.1) is 0 Å². The van der Waals surface area contributed by atoms with Crippen LogP contribution in [0.4, 0.5) is 10.5 Å². The van der Waals surface area contributed by atoms with Crippen LogP contribution in [0.2, 0.25) is 5.02 Å². The van der Waals surface area contributed by atoms with Crippen molar-refractivity contribution in [3.8, 4) is 0 Å². The van der Waals surface area contributed by atoms with Crippen LogP contribution in [0, 0.1) is 0 Å². The van der Waals surface area contributed by atoms with Crippen LogP contribution < -0.4 is 10.6 Å². The number of benzene rings is 2. The Morgan fingerprint density at radius 1 is 1.23 bits per heavy atom. The Balaban J connectivity index is 1.50. The Hall–Kier alpha value is -2.53. The number of nitrogens with zero attached hydrogens (tertiary/aromatic N) is 1. The SMILES string of the molecule is O=C(NCCc1ccc2ncoc2c1)Nc1cccc(Cl)c1. The minimum atomic E-state index is -0.261. The molecule has 2 amide bonds. The van der Waals surface area contributed by atoms with Gasteiger partial charge in [-0.3, -0.25) is 0 Å². The smallest absolute Gasteiger partial charge is 0.319 e. The van der Waals surface area contributed by atoms with Crippen molar-refractivity contribution in [3.63, 3.8) is 0 Å². The standard InChI is InChI=1S/C16H14ClN3O2/c17-12-2-1-3-13(9-12)20-16(21)18-7-6-11-4-5-14-15(8-11)22-10-19-14/h1-5,8-10H,6-7H2,(H2,18,20,21). The number of urea groups is 1. The lowest BCUT2D eigenvalue weighted by molar-refractivity contribution is 0.252. The third-order valence-corrected chi connectivity index (χ3v) is 3.41. The highest BCUT2D eigenvalue weighted by Gasteiger charge is 2.03. The summed E-state index contributed by atoms with van der Waals surface area (Å²) in [6.07, 6.45) is 2.13. The number of nitrogens with one attached hydrogen (secondary N) is 2. The fourth-order valence-electron chi connectivity index (χ4n) is 2.12. The summed E-state index contributed by atoms with van der Waals surface area (Å²) in [5.41, 5.74) is 3.32. The van der Waals surface area contributed by atoms with Crippen LogP contribution in [-0.2, 0) is 6.42 Å². The van der Waals surface area contributed by atoms with Gasteiger partial charge in [-0.1, -0.05) is 23.7 Å². The lowest BCUT2D eigenvalue weighted by Crippen LogP contribution is -2.30. The van der Waals surface area contributed by atoms with E-state index >= 15 is 0 Å². The van der Waals surface area contributed by atoms with Crippen LogP contribution in [0.3, 0.4) is 0 Å². The first-order chi connectivity index (χ1) is 10.7. The van der Waals surface area contributed by atoms with Gasteiger partial charge in [0.15, 0.2) is 12.0 Å². The topological polar surface area (TPSA) is 67.2 Å². The van der Waals surface area contributed by atoms with Gasteiger partial charge in [0.2, 0.25) is 0 Å². The van der Waals surface area contributed by atoms with E-state index in [1.54, 1.807) is 24.3 Å². The molecule has 0 saturated carbocycles. The maximum absolute atomic E-state index is 11.8. The second kappa shape index (κ2) is 6.49. The van der Waals surface area contributed by atoms with Crippen LogP contribution in [0.1, 0.15) is 5.56 Å². The van der Waals surface area contributed by atoms with Gasteiger partial charge in [0.1, 0.15) is 5.52 Å². The van der Waals surface area contributed by atoms with E-state index < -0.39 is 0 Å². The van der Waals surface area contributed by atoms with Gasteiger partial charge < -0.3 is 15.1 Å². The molecule has 0 aliphatic carbocycles. The molecule has 3 aromatic rings. The fourth-order valence-corrected chi connectivity index (χ4v) is 2.31. The van der Waals surface area contributed by atoms with E-state index in [0.29, 0.717) is 23.7 Å². The summed E-state index contributed by atoms with van der Waals surface area (Å²) in [5.74, 6) is 0. The Labute approximate surface area is 132 Å². The van der Waals surface area contributed by atoms with Crippen molar-refractivity contribution in [2.45, 2.75) is 6.42 Å². The molecule has 0 fully saturated rings. The van der Waals surface area contributed by atoms with E-state index in [4.69, 9.17) is 16.0 Å². The van der Waals surface area contributed by atoms with E-state index in [1.807, 2.05) is 18.2 Å². The predicted molar refractivity (Wildman–Crippen MR) is 86.2 cm³/mol. The normalized spacial score (nSPS) is 10.6. The van der Waals surface area contributed by atoms with Crippen molar-refractivity contribution in [1.29, 1.82) is 0 Å². The Kier molecular flexibility index (Phi) is 4.25. The zero-order valence-corrected chi connectivity index (χ0v) is 12.4. The van der Waals surface area contributed by atoms with Crippen molar-refractivity contribution < 1.29 is 9.21 Å². The quantitative estimate of drug-likeness (QED) is 0.768. The molecule has 2 aromatic carbocycles. The molecule has 0 aliphatic heterocycles. The highest BCUT2D eigenvalue weighted by Crippen LogP contribution is 2.15. The highest BCUT2D eigenvalue weighted by molar-refractivity contribution is 6.30. The number of halogens is 1. The van der Waals surface area contributed by atoms with Gasteiger partial charge in [0, 0.05) is 17.3 Å². The van der Waals surface area contributed by atoms with Crippen LogP contribution in [-0.4, -0.2) is 17.6 Å². The third kappa shape index (κ3) is 3.56. The average Bonchev–Trinajstić information content (AvgIpc) is 2.95. The van der Waals surface area contributed by atoms with E-state index in [2.05, 4.69) is 15.6 Å². The van der Waals surface area contributed by atoms with E-state index in [-0.39, 0.29) is 6.03 Å². The first-order valence-electron chi connectivity index (χ1n) is 6.83. The molecular weight excluding hydrogens is 302 g/mol. The van der Waals surface area contributed by atoms with Crippen LogP contribution in [0.5, 0.6) is 0 Å². The third-order valence-electron chi connectivity index (χ3n) is 3.18. The summed E-state index contributed by atoms with van der Waals surface area (Å²) in [4.78, 5) is 15.9. The average molecular weight is 316 g/mol. The van der Waals surface area contributed by atoms with E-state index in [1.165, 1.54) is 6.39 Å². The predicted octanol–water partition coefficient (Wildman–Crippen LogP) is 3.85. The van der Waals surface area contributed by atoms with Gasteiger partial charge in [-0.2, -0.15) is 0 Å².